The predicted octanol–water partition coefficient (Wildman–Crippen LogP) is 1.17. The van der Waals surface area contributed by atoms with Crippen LogP contribution in [0.2, 0.25) is 0 Å². The molecule has 0 N–H and O–H groups in total. The van der Waals surface area contributed by atoms with Crippen LogP contribution in [-0.4, -0.2) is 24.8 Å². The lowest BCUT2D eigenvalue weighted by Gasteiger charge is -1.97. The molecule has 0 aliphatic heterocycles. The van der Waals surface area contributed by atoms with E-state index in [0.717, 1.165) is 5.71 Å². The number of aliphatic imine (C=N–C) groups is 1. The highest BCUT2D eigenvalue weighted by molar-refractivity contribution is 5.97. The molecule has 0 heterocycles. The minimum Gasteiger partial charge on any atom is -0.469 e. The van der Waals surface area contributed by atoms with Crippen molar-refractivity contribution in [3.05, 3.63) is 0 Å². The van der Waals surface area contributed by atoms with E-state index in [4.69, 9.17) is 0 Å². The van der Waals surface area contributed by atoms with Crippen molar-refractivity contribution in [1.29, 1.82) is 0 Å². The Labute approximate surface area is 66.5 Å². The topological polar surface area (TPSA) is 38.7 Å². The molecule has 0 aromatic heterocycles. The molecular formula is C8H13NO2. The van der Waals surface area contributed by atoms with Gasteiger partial charge in [-0.05, 0) is 19.8 Å². The van der Waals surface area contributed by atoms with Gasteiger partial charge < -0.3 is 4.74 Å². The van der Waals surface area contributed by atoms with Gasteiger partial charge in [-0.2, -0.15) is 0 Å². The van der Waals surface area contributed by atoms with Crippen molar-refractivity contribution < 1.29 is 9.53 Å². The van der Waals surface area contributed by atoms with Crippen molar-refractivity contribution >= 4 is 11.7 Å². The lowest BCUT2D eigenvalue weighted by molar-refractivity contribution is -0.139. The van der Waals surface area contributed by atoms with Gasteiger partial charge in [-0.15, -0.1) is 0 Å². The maximum Gasteiger partial charge on any atom is 0.311 e. The van der Waals surface area contributed by atoms with E-state index >= 15 is 0 Å². The number of ether oxygens (including phenoxy) is 1. The highest BCUT2D eigenvalue weighted by Crippen LogP contribution is 2.23. The first-order valence-electron chi connectivity index (χ1n) is 3.82. The summed E-state index contributed by atoms with van der Waals surface area (Å²) in [5.41, 5.74) is 0.888. The minimum atomic E-state index is -0.202. The van der Waals surface area contributed by atoms with Crippen molar-refractivity contribution in [3.63, 3.8) is 0 Å². The summed E-state index contributed by atoms with van der Waals surface area (Å²) < 4.78 is 4.50. The fraction of sp³-hybridized carbons (Fsp3) is 0.750. The zero-order valence-electron chi connectivity index (χ0n) is 6.96. The second-order valence-electron chi connectivity index (χ2n) is 2.85. The Hall–Kier alpha value is -0.860. The fourth-order valence-electron chi connectivity index (χ4n) is 0.842. The molecule has 0 bridgehead atoms. The number of hydrogen-bond donors (Lipinski definition) is 0. The normalized spacial score (nSPS) is 18.2. The Morgan fingerprint density at radius 3 is 2.73 bits per heavy atom. The molecule has 62 valence electrons. The summed E-state index contributed by atoms with van der Waals surface area (Å²) in [6, 6.07) is 0.500. The highest BCUT2D eigenvalue weighted by atomic mass is 16.5. The summed E-state index contributed by atoms with van der Waals surface area (Å²) in [6.45, 7) is 1.87. The average molecular weight is 155 g/mol. The molecule has 1 saturated carbocycles. The monoisotopic (exact) mass is 155 g/mol. The maximum absolute atomic E-state index is 10.7. The maximum atomic E-state index is 10.7. The first-order chi connectivity index (χ1) is 5.22. The molecule has 0 amide bonds. The molecule has 0 radical (unpaired) electrons. The van der Waals surface area contributed by atoms with Crippen molar-refractivity contribution in [1.82, 2.24) is 0 Å². The quantitative estimate of drug-likeness (QED) is 0.453. The standard InChI is InChI=1S/C8H13NO2/c1-6(5-8(10)11-2)9-7-3-4-7/h7H,3-5H2,1-2H3. The molecule has 3 nitrogen and oxygen atoms in total. The summed E-state index contributed by atoms with van der Waals surface area (Å²) in [7, 11) is 1.40. The van der Waals surface area contributed by atoms with Gasteiger partial charge in [0.05, 0.1) is 19.6 Å². The van der Waals surface area contributed by atoms with Crippen molar-refractivity contribution in [2.45, 2.75) is 32.2 Å². The summed E-state index contributed by atoms with van der Waals surface area (Å²) in [5.74, 6) is -0.202. The number of esters is 1. The molecule has 0 spiro atoms. The van der Waals surface area contributed by atoms with Crippen molar-refractivity contribution in [2.24, 2.45) is 4.99 Å². The Morgan fingerprint density at radius 2 is 2.27 bits per heavy atom. The Kier molecular flexibility index (Phi) is 2.63. The smallest absolute Gasteiger partial charge is 0.311 e. The zero-order chi connectivity index (χ0) is 8.27. The summed E-state index contributed by atoms with van der Waals surface area (Å²) in [4.78, 5) is 15.0. The van der Waals surface area contributed by atoms with Gasteiger partial charge in [-0.1, -0.05) is 0 Å². The second-order valence-corrected chi connectivity index (χ2v) is 2.85. The number of carbonyl (C=O) groups is 1. The third-order valence-electron chi connectivity index (χ3n) is 1.58. The van der Waals surface area contributed by atoms with Crippen molar-refractivity contribution in [2.75, 3.05) is 7.11 Å². The first-order valence-corrected chi connectivity index (χ1v) is 3.82. The number of rotatable bonds is 3. The van der Waals surface area contributed by atoms with Gasteiger partial charge in [-0.25, -0.2) is 0 Å². The van der Waals surface area contributed by atoms with E-state index in [1.807, 2.05) is 6.92 Å². The van der Waals surface area contributed by atoms with Gasteiger partial charge in [-0.3, -0.25) is 9.79 Å². The van der Waals surface area contributed by atoms with Crippen LogP contribution in [0.5, 0.6) is 0 Å². The van der Waals surface area contributed by atoms with Crippen LogP contribution >= 0.6 is 0 Å². The fourth-order valence-corrected chi connectivity index (χ4v) is 0.842. The van der Waals surface area contributed by atoms with Crippen LogP contribution in [0.1, 0.15) is 26.2 Å². The predicted molar refractivity (Wildman–Crippen MR) is 42.8 cm³/mol. The lowest BCUT2D eigenvalue weighted by Crippen LogP contribution is -2.06. The van der Waals surface area contributed by atoms with Crippen LogP contribution in [0.15, 0.2) is 4.99 Å². The molecule has 1 aliphatic rings. The van der Waals surface area contributed by atoms with Gasteiger partial charge in [0.2, 0.25) is 0 Å². The molecule has 0 saturated heterocycles. The second kappa shape index (κ2) is 3.51. The largest absolute Gasteiger partial charge is 0.469 e. The van der Waals surface area contributed by atoms with Crippen LogP contribution in [-0.2, 0) is 9.53 Å². The Bertz CT molecular complexity index is 183. The number of nitrogens with zero attached hydrogens (tertiary/aromatic N) is 1. The molecule has 0 atom stereocenters. The van der Waals surface area contributed by atoms with E-state index in [1.165, 1.54) is 20.0 Å². The van der Waals surface area contributed by atoms with E-state index in [9.17, 15) is 4.79 Å². The van der Waals surface area contributed by atoms with Crippen LogP contribution in [0.3, 0.4) is 0 Å². The molecule has 0 unspecified atom stereocenters. The van der Waals surface area contributed by atoms with Gasteiger partial charge in [0, 0.05) is 5.71 Å². The zero-order valence-corrected chi connectivity index (χ0v) is 6.96. The average Bonchev–Trinajstić information content (AvgIpc) is 2.71. The molecule has 11 heavy (non-hydrogen) atoms. The molecule has 1 fully saturated rings. The number of carbonyl (C=O) groups excluding carboxylic acids is 1. The van der Waals surface area contributed by atoms with Gasteiger partial charge >= 0.3 is 5.97 Å². The third-order valence-corrected chi connectivity index (χ3v) is 1.58. The van der Waals surface area contributed by atoms with Crippen LogP contribution in [0.25, 0.3) is 0 Å². The third kappa shape index (κ3) is 3.16. The van der Waals surface area contributed by atoms with Gasteiger partial charge in [0.1, 0.15) is 0 Å². The van der Waals surface area contributed by atoms with Gasteiger partial charge in [0.15, 0.2) is 0 Å². The highest BCUT2D eigenvalue weighted by Gasteiger charge is 2.20. The Balaban J connectivity index is 2.28. The molecular weight excluding hydrogens is 142 g/mol. The van der Waals surface area contributed by atoms with E-state index < -0.39 is 0 Å². The summed E-state index contributed by atoms with van der Waals surface area (Å²) >= 11 is 0. The van der Waals surface area contributed by atoms with Crippen molar-refractivity contribution in [3.8, 4) is 0 Å². The lowest BCUT2D eigenvalue weighted by atomic mass is 10.3. The molecule has 0 aromatic rings. The van der Waals surface area contributed by atoms with Crippen LogP contribution in [0, 0.1) is 0 Å². The molecule has 0 aromatic carbocycles. The van der Waals surface area contributed by atoms with E-state index in [0.29, 0.717) is 12.5 Å². The Morgan fingerprint density at radius 1 is 1.64 bits per heavy atom. The molecule has 3 heteroatoms. The van der Waals surface area contributed by atoms with Crippen LogP contribution in [0.4, 0.5) is 0 Å². The van der Waals surface area contributed by atoms with Gasteiger partial charge in [0.25, 0.3) is 0 Å². The molecule has 1 aliphatic carbocycles. The first kappa shape index (κ1) is 8.24. The molecule has 1 rings (SSSR count). The van der Waals surface area contributed by atoms with E-state index in [1.54, 1.807) is 0 Å². The van der Waals surface area contributed by atoms with E-state index in [2.05, 4.69) is 9.73 Å². The van der Waals surface area contributed by atoms with Crippen LogP contribution < -0.4 is 0 Å². The summed E-state index contributed by atoms with van der Waals surface area (Å²) in [6.07, 6.45) is 2.70. The number of hydrogen-bond acceptors (Lipinski definition) is 3. The van der Waals surface area contributed by atoms with E-state index in [-0.39, 0.29) is 5.97 Å². The SMILES string of the molecule is COC(=O)CC(C)=NC1CC1. The minimum absolute atomic E-state index is 0.202. The summed E-state index contributed by atoms with van der Waals surface area (Å²) in [5, 5.41) is 0. The number of methoxy groups -OCH3 is 1.